The number of anilines is 1. The van der Waals surface area contributed by atoms with Crippen molar-refractivity contribution in [2.75, 3.05) is 10.6 Å². The Labute approximate surface area is 121 Å². The Morgan fingerprint density at radius 3 is 2.63 bits per heavy atom. The summed E-state index contributed by atoms with van der Waals surface area (Å²) in [5.74, 6) is -0.383. The summed E-state index contributed by atoms with van der Waals surface area (Å²) in [4.78, 5) is 11.7. The minimum Gasteiger partial charge on any atom is -0.444 e. The van der Waals surface area contributed by atoms with Gasteiger partial charge in [-0.05, 0) is 44.5 Å². The first-order chi connectivity index (χ1) is 8.73. The van der Waals surface area contributed by atoms with Crippen LogP contribution in [0.5, 0.6) is 0 Å². The van der Waals surface area contributed by atoms with Crippen molar-refractivity contribution in [2.45, 2.75) is 26.4 Å². The number of hydrogen-bond donors (Lipinski definition) is 1. The van der Waals surface area contributed by atoms with Crippen molar-refractivity contribution in [3.8, 4) is 0 Å². The van der Waals surface area contributed by atoms with E-state index in [0.717, 1.165) is 0 Å². The van der Waals surface area contributed by atoms with Crippen molar-refractivity contribution in [1.29, 1.82) is 0 Å². The second kappa shape index (κ2) is 6.19. The monoisotopic (exact) mass is 329 g/mol. The van der Waals surface area contributed by atoms with Crippen LogP contribution < -0.4 is 5.32 Å². The molecule has 0 spiro atoms. The van der Waals surface area contributed by atoms with E-state index in [1.165, 1.54) is 18.2 Å². The Kier molecular flexibility index (Phi) is 5.11. The van der Waals surface area contributed by atoms with Gasteiger partial charge in [-0.25, -0.2) is 9.18 Å². The Balaban J connectivity index is 2.95. The predicted octanol–water partition coefficient (Wildman–Crippen LogP) is 4.58. The van der Waals surface area contributed by atoms with Gasteiger partial charge in [0.05, 0.1) is 5.69 Å². The molecule has 0 heterocycles. The van der Waals surface area contributed by atoms with E-state index in [-0.39, 0.29) is 5.82 Å². The lowest BCUT2D eigenvalue weighted by Gasteiger charge is -2.20. The molecular weight excluding hydrogens is 313 g/mol. The second-order valence-corrected chi connectivity index (χ2v) is 5.61. The van der Waals surface area contributed by atoms with E-state index >= 15 is 0 Å². The van der Waals surface area contributed by atoms with Crippen LogP contribution in [-0.2, 0) is 4.74 Å². The molecule has 1 aromatic rings. The maximum atomic E-state index is 13.3. The zero-order chi connectivity index (χ0) is 14.6. The summed E-state index contributed by atoms with van der Waals surface area (Å²) in [5, 5.41) is 3.09. The molecule has 1 amide bonds. The highest BCUT2D eigenvalue weighted by atomic mass is 79.9. The van der Waals surface area contributed by atoms with Gasteiger partial charge in [0, 0.05) is 10.9 Å². The lowest BCUT2D eigenvalue weighted by molar-refractivity contribution is 0.0636. The van der Waals surface area contributed by atoms with Gasteiger partial charge < -0.3 is 4.74 Å². The van der Waals surface area contributed by atoms with Crippen LogP contribution in [0.1, 0.15) is 26.3 Å². The third-order valence-corrected chi connectivity index (χ3v) is 2.84. The van der Waals surface area contributed by atoms with Crippen molar-refractivity contribution in [2.24, 2.45) is 0 Å². The summed E-state index contributed by atoms with van der Waals surface area (Å²) < 4.78 is 18.4. The van der Waals surface area contributed by atoms with Gasteiger partial charge in [0.25, 0.3) is 0 Å². The Bertz CT molecular complexity index is 495. The molecule has 0 radical (unpaired) electrons. The van der Waals surface area contributed by atoms with Crippen LogP contribution in [0, 0.1) is 5.82 Å². The number of ether oxygens (including phenoxy) is 1. The van der Waals surface area contributed by atoms with E-state index in [9.17, 15) is 9.18 Å². The molecule has 0 saturated heterocycles. The largest absolute Gasteiger partial charge is 0.444 e. The summed E-state index contributed by atoms with van der Waals surface area (Å²) in [6, 6.07) is 4.09. The fourth-order valence-corrected chi connectivity index (χ4v) is 1.71. The smallest absolute Gasteiger partial charge is 0.412 e. The molecule has 0 fully saturated rings. The minimum absolute atomic E-state index is 0.383. The normalized spacial score (nSPS) is 11.0. The lowest BCUT2D eigenvalue weighted by atomic mass is 10.1. The summed E-state index contributed by atoms with van der Waals surface area (Å²) >= 11 is 3.26. The van der Waals surface area contributed by atoms with Crippen LogP contribution >= 0.6 is 15.9 Å². The number of benzene rings is 1. The molecule has 1 N–H and O–H groups in total. The highest BCUT2D eigenvalue weighted by Gasteiger charge is 2.17. The van der Waals surface area contributed by atoms with Crippen LogP contribution in [0.15, 0.2) is 24.8 Å². The van der Waals surface area contributed by atoms with Gasteiger partial charge in [-0.1, -0.05) is 22.5 Å². The number of carbonyl (C=O) groups excluding carboxylic acids is 1. The van der Waals surface area contributed by atoms with Crippen LogP contribution in [0.25, 0.3) is 5.57 Å². The molecule has 0 unspecified atom stereocenters. The Morgan fingerprint density at radius 1 is 1.47 bits per heavy atom. The summed E-state index contributed by atoms with van der Waals surface area (Å²) in [7, 11) is 0. The van der Waals surface area contributed by atoms with Gasteiger partial charge in [0.2, 0.25) is 0 Å². The summed E-state index contributed by atoms with van der Waals surface area (Å²) in [6.45, 7) is 9.14. The SMILES string of the molecule is C=C(CBr)c1cc(F)ccc1NC(=O)OC(C)(C)C. The quantitative estimate of drug-likeness (QED) is 0.824. The topological polar surface area (TPSA) is 38.3 Å². The molecule has 0 aliphatic carbocycles. The molecule has 0 saturated carbocycles. The van der Waals surface area contributed by atoms with Gasteiger partial charge in [-0.3, -0.25) is 5.32 Å². The van der Waals surface area contributed by atoms with Crippen LogP contribution in [0.3, 0.4) is 0 Å². The zero-order valence-corrected chi connectivity index (χ0v) is 12.8. The molecule has 0 aliphatic rings. The molecule has 1 aromatic carbocycles. The molecule has 1 rings (SSSR count). The first-order valence-electron chi connectivity index (χ1n) is 5.76. The maximum absolute atomic E-state index is 13.3. The summed E-state index contributed by atoms with van der Waals surface area (Å²) in [6.07, 6.45) is -0.581. The number of halogens is 2. The van der Waals surface area contributed by atoms with Crippen LogP contribution in [0.2, 0.25) is 0 Å². The Hall–Kier alpha value is -1.36. The summed E-state index contributed by atoms with van der Waals surface area (Å²) in [5.41, 5.74) is 1.10. The highest BCUT2D eigenvalue weighted by molar-refractivity contribution is 9.09. The second-order valence-electron chi connectivity index (χ2n) is 5.05. The van der Waals surface area contributed by atoms with Gasteiger partial charge in [-0.15, -0.1) is 0 Å². The molecule has 0 bridgehead atoms. The number of allylic oxidation sites excluding steroid dienone is 1. The molecule has 3 nitrogen and oxygen atoms in total. The van der Waals surface area contributed by atoms with Crippen molar-refractivity contribution >= 4 is 33.3 Å². The number of amides is 1. The van der Waals surface area contributed by atoms with Crippen molar-refractivity contribution in [3.05, 3.63) is 36.2 Å². The predicted molar refractivity (Wildman–Crippen MR) is 79.1 cm³/mol. The van der Waals surface area contributed by atoms with E-state index in [2.05, 4.69) is 27.8 Å². The van der Waals surface area contributed by atoms with E-state index < -0.39 is 11.7 Å². The number of alkyl halides is 1. The van der Waals surface area contributed by atoms with Crippen molar-refractivity contribution in [3.63, 3.8) is 0 Å². The Morgan fingerprint density at radius 2 is 2.11 bits per heavy atom. The fourth-order valence-electron chi connectivity index (χ4n) is 1.40. The van der Waals surface area contributed by atoms with E-state index in [1.807, 2.05) is 0 Å². The standard InChI is InChI=1S/C14H17BrFNO2/c1-9(8-15)11-7-10(16)5-6-12(11)17-13(18)19-14(2,3)4/h5-7H,1,8H2,2-4H3,(H,17,18). The van der Waals surface area contributed by atoms with Crippen LogP contribution in [0.4, 0.5) is 14.9 Å². The van der Waals surface area contributed by atoms with Gasteiger partial charge in [-0.2, -0.15) is 0 Å². The van der Waals surface area contributed by atoms with Gasteiger partial charge in [0.15, 0.2) is 0 Å². The molecule has 5 heteroatoms. The average molecular weight is 330 g/mol. The molecular formula is C14H17BrFNO2. The first-order valence-corrected chi connectivity index (χ1v) is 6.89. The third kappa shape index (κ3) is 5.03. The minimum atomic E-state index is -0.587. The molecule has 104 valence electrons. The molecule has 0 atom stereocenters. The number of hydrogen-bond acceptors (Lipinski definition) is 2. The maximum Gasteiger partial charge on any atom is 0.412 e. The van der Waals surface area contributed by atoms with Gasteiger partial charge in [0.1, 0.15) is 11.4 Å². The van der Waals surface area contributed by atoms with Crippen molar-refractivity contribution in [1.82, 2.24) is 0 Å². The number of nitrogens with one attached hydrogen (secondary N) is 1. The van der Waals surface area contributed by atoms with E-state index in [0.29, 0.717) is 22.2 Å². The van der Waals surface area contributed by atoms with Crippen LogP contribution in [-0.4, -0.2) is 17.0 Å². The number of rotatable bonds is 3. The fraction of sp³-hybridized carbons (Fsp3) is 0.357. The highest BCUT2D eigenvalue weighted by Crippen LogP contribution is 2.25. The average Bonchev–Trinajstić information content (AvgIpc) is 2.28. The number of carbonyl (C=O) groups is 1. The molecule has 19 heavy (non-hydrogen) atoms. The molecule has 0 aromatic heterocycles. The van der Waals surface area contributed by atoms with Gasteiger partial charge >= 0.3 is 6.09 Å². The third-order valence-electron chi connectivity index (χ3n) is 2.16. The first kappa shape index (κ1) is 15.7. The van der Waals surface area contributed by atoms with E-state index in [4.69, 9.17) is 4.74 Å². The molecule has 0 aliphatic heterocycles. The van der Waals surface area contributed by atoms with E-state index in [1.54, 1.807) is 20.8 Å². The zero-order valence-electron chi connectivity index (χ0n) is 11.2. The van der Waals surface area contributed by atoms with Crippen molar-refractivity contribution < 1.29 is 13.9 Å². The lowest BCUT2D eigenvalue weighted by Crippen LogP contribution is -2.27.